The van der Waals surface area contributed by atoms with Gasteiger partial charge in [-0.05, 0) is 36.8 Å². The van der Waals surface area contributed by atoms with Gasteiger partial charge in [0.25, 0.3) is 0 Å². The number of hydrogen-bond donors (Lipinski definition) is 1. The molecule has 3 nitrogen and oxygen atoms in total. The molecule has 0 bridgehead atoms. The molecular formula is C16H14ClN3. The summed E-state index contributed by atoms with van der Waals surface area (Å²) >= 11 is 6.16. The van der Waals surface area contributed by atoms with Crippen LogP contribution >= 0.6 is 11.6 Å². The van der Waals surface area contributed by atoms with Crippen LogP contribution < -0.4 is 5.32 Å². The highest BCUT2D eigenvalue weighted by atomic mass is 35.5. The van der Waals surface area contributed by atoms with E-state index in [1.54, 1.807) is 6.20 Å². The van der Waals surface area contributed by atoms with Gasteiger partial charge in [0.05, 0.1) is 40.2 Å². The number of anilines is 1. The molecule has 0 amide bonds. The Bertz CT molecular complexity index is 756. The molecule has 20 heavy (non-hydrogen) atoms. The smallest absolute Gasteiger partial charge is 0.0890 e. The van der Waals surface area contributed by atoms with Crippen molar-refractivity contribution < 1.29 is 0 Å². The highest BCUT2D eigenvalue weighted by molar-refractivity contribution is 6.33. The standard InChI is InChI=1S/C16H14ClN3/c1-11-6-7-13(17)16(8-11)19-10-12-9-18-14-4-2-3-5-15(14)20-12/h2-9,19H,10H2,1H3. The molecule has 1 aromatic heterocycles. The summed E-state index contributed by atoms with van der Waals surface area (Å²) in [7, 11) is 0. The molecule has 0 fully saturated rings. The summed E-state index contributed by atoms with van der Waals surface area (Å²) in [4.78, 5) is 8.97. The van der Waals surface area contributed by atoms with Crippen molar-refractivity contribution in [2.24, 2.45) is 0 Å². The minimum absolute atomic E-state index is 0.598. The average molecular weight is 284 g/mol. The highest BCUT2D eigenvalue weighted by Crippen LogP contribution is 2.23. The molecule has 3 rings (SSSR count). The number of halogens is 1. The van der Waals surface area contributed by atoms with Gasteiger partial charge >= 0.3 is 0 Å². The predicted octanol–water partition coefficient (Wildman–Crippen LogP) is 4.20. The number of rotatable bonds is 3. The van der Waals surface area contributed by atoms with Crippen LogP contribution in [0, 0.1) is 6.92 Å². The van der Waals surface area contributed by atoms with E-state index in [0.29, 0.717) is 11.6 Å². The van der Waals surface area contributed by atoms with Gasteiger partial charge in [0.15, 0.2) is 0 Å². The fourth-order valence-electron chi connectivity index (χ4n) is 2.04. The van der Waals surface area contributed by atoms with E-state index in [1.807, 2.05) is 49.4 Å². The zero-order valence-electron chi connectivity index (χ0n) is 11.1. The van der Waals surface area contributed by atoms with E-state index in [-0.39, 0.29) is 0 Å². The van der Waals surface area contributed by atoms with Crippen molar-refractivity contribution in [3.05, 3.63) is 64.9 Å². The van der Waals surface area contributed by atoms with Crippen LogP contribution in [0.15, 0.2) is 48.7 Å². The second-order valence-corrected chi connectivity index (χ2v) is 5.09. The quantitative estimate of drug-likeness (QED) is 0.783. The average Bonchev–Trinajstić information content (AvgIpc) is 2.48. The Balaban J connectivity index is 1.81. The number of aryl methyl sites for hydroxylation is 1. The highest BCUT2D eigenvalue weighted by Gasteiger charge is 2.02. The Morgan fingerprint density at radius 3 is 2.75 bits per heavy atom. The Labute approximate surface area is 122 Å². The monoisotopic (exact) mass is 283 g/mol. The SMILES string of the molecule is Cc1ccc(Cl)c(NCc2cnc3ccccc3n2)c1. The van der Waals surface area contributed by atoms with Gasteiger partial charge in [-0.25, -0.2) is 4.98 Å². The largest absolute Gasteiger partial charge is 0.378 e. The van der Waals surface area contributed by atoms with E-state index in [9.17, 15) is 0 Å². The molecule has 0 radical (unpaired) electrons. The van der Waals surface area contributed by atoms with E-state index in [4.69, 9.17) is 11.6 Å². The van der Waals surface area contributed by atoms with Crippen LogP contribution in [0.4, 0.5) is 5.69 Å². The Hall–Kier alpha value is -2.13. The van der Waals surface area contributed by atoms with Crippen LogP contribution in [0.1, 0.15) is 11.3 Å². The number of fused-ring (bicyclic) bond motifs is 1. The maximum atomic E-state index is 6.16. The maximum absolute atomic E-state index is 6.16. The molecule has 0 spiro atoms. The zero-order valence-corrected chi connectivity index (χ0v) is 11.9. The molecule has 0 aliphatic heterocycles. The summed E-state index contributed by atoms with van der Waals surface area (Å²) in [5.74, 6) is 0. The first-order valence-electron chi connectivity index (χ1n) is 6.43. The van der Waals surface area contributed by atoms with Crippen molar-refractivity contribution in [2.45, 2.75) is 13.5 Å². The number of para-hydroxylation sites is 2. The van der Waals surface area contributed by atoms with Crippen molar-refractivity contribution in [2.75, 3.05) is 5.32 Å². The lowest BCUT2D eigenvalue weighted by molar-refractivity contribution is 1.04. The van der Waals surface area contributed by atoms with Crippen molar-refractivity contribution >= 4 is 28.3 Å². The molecule has 2 aromatic carbocycles. The summed E-state index contributed by atoms with van der Waals surface area (Å²) in [6.07, 6.45) is 1.79. The van der Waals surface area contributed by atoms with Crippen LogP contribution in [-0.2, 0) is 6.54 Å². The summed E-state index contributed by atoms with van der Waals surface area (Å²) in [5.41, 5.74) is 4.79. The first-order valence-corrected chi connectivity index (χ1v) is 6.81. The molecule has 0 aliphatic carbocycles. The molecule has 1 heterocycles. The second kappa shape index (κ2) is 5.47. The van der Waals surface area contributed by atoms with Gasteiger partial charge in [0.2, 0.25) is 0 Å². The van der Waals surface area contributed by atoms with Crippen molar-refractivity contribution in [1.82, 2.24) is 9.97 Å². The van der Waals surface area contributed by atoms with Crippen molar-refractivity contribution in [3.8, 4) is 0 Å². The zero-order chi connectivity index (χ0) is 13.9. The Morgan fingerprint density at radius 1 is 1.10 bits per heavy atom. The van der Waals surface area contributed by atoms with Crippen LogP contribution in [0.25, 0.3) is 11.0 Å². The van der Waals surface area contributed by atoms with Gasteiger partial charge in [-0.1, -0.05) is 29.8 Å². The van der Waals surface area contributed by atoms with E-state index in [2.05, 4.69) is 15.3 Å². The third-order valence-corrected chi connectivity index (χ3v) is 3.41. The summed E-state index contributed by atoms with van der Waals surface area (Å²) in [6.45, 7) is 2.64. The minimum Gasteiger partial charge on any atom is -0.378 e. The number of hydrogen-bond acceptors (Lipinski definition) is 3. The molecule has 100 valence electrons. The fraction of sp³-hybridized carbons (Fsp3) is 0.125. The van der Waals surface area contributed by atoms with Gasteiger partial charge in [-0.2, -0.15) is 0 Å². The molecule has 4 heteroatoms. The predicted molar refractivity (Wildman–Crippen MR) is 83.1 cm³/mol. The van der Waals surface area contributed by atoms with Gasteiger partial charge in [0, 0.05) is 0 Å². The van der Waals surface area contributed by atoms with Gasteiger partial charge in [-0.3, -0.25) is 4.98 Å². The first kappa shape index (κ1) is 12.9. The molecular weight excluding hydrogens is 270 g/mol. The normalized spacial score (nSPS) is 10.7. The summed E-state index contributed by atoms with van der Waals surface area (Å²) < 4.78 is 0. The summed E-state index contributed by atoms with van der Waals surface area (Å²) in [5, 5.41) is 4.01. The molecule has 0 atom stereocenters. The van der Waals surface area contributed by atoms with Gasteiger partial charge in [-0.15, -0.1) is 0 Å². The van der Waals surface area contributed by atoms with Crippen LogP contribution in [0.2, 0.25) is 5.02 Å². The van der Waals surface area contributed by atoms with Gasteiger partial charge in [0.1, 0.15) is 0 Å². The third kappa shape index (κ3) is 2.73. The fourth-order valence-corrected chi connectivity index (χ4v) is 2.23. The topological polar surface area (TPSA) is 37.8 Å². The van der Waals surface area contributed by atoms with Crippen molar-refractivity contribution in [1.29, 1.82) is 0 Å². The molecule has 3 aromatic rings. The first-order chi connectivity index (χ1) is 9.72. The number of benzene rings is 2. The Morgan fingerprint density at radius 2 is 1.90 bits per heavy atom. The molecule has 0 aliphatic rings. The van der Waals surface area contributed by atoms with E-state index >= 15 is 0 Å². The third-order valence-electron chi connectivity index (χ3n) is 3.08. The molecule has 0 saturated carbocycles. The molecule has 0 saturated heterocycles. The second-order valence-electron chi connectivity index (χ2n) is 4.69. The number of nitrogens with zero attached hydrogens (tertiary/aromatic N) is 2. The summed E-state index contributed by atoms with van der Waals surface area (Å²) in [6, 6.07) is 13.8. The number of nitrogens with one attached hydrogen (secondary N) is 1. The van der Waals surface area contributed by atoms with E-state index < -0.39 is 0 Å². The van der Waals surface area contributed by atoms with Gasteiger partial charge < -0.3 is 5.32 Å². The Kier molecular flexibility index (Phi) is 3.52. The maximum Gasteiger partial charge on any atom is 0.0890 e. The van der Waals surface area contributed by atoms with Crippen LogP contribution in [0.5, 0.6) is 0 Å². The number of aromatic nitrogens is 2. The van der Waals surface area contributed by atoms with Crippen LogP contribution in [0.3, 0.4) is 0 Å². The lowest BCUT2D eigenvalue weighted by atomic mass is 10.2. The minimum atomic E-state index is 0.598. The lowest BCUT2D eigenvalue weighted by Crippen LogP contribution is -2.03. The molecule has 0 unspecified atom stereocenters. The molecule has 1 N–H and O–H groups in total. The lowest BCUT2D eigenvalue weighted by Gasteiger charge is -2.09. The van der Waals surface area contributed by atoms with E-state index in [1.165, 1.54) is 5.56 Å². The van der Waals surface area contributed by atoms with Crippen molar-refractivity contribution in [3.63, 3.8) is 0 Å². The van der Waals surface area contributed by atoms with Crippen LogP contribution in [-0.4, -0.2) is 9.97 Å². The van der Waals surface area contributed by atoms with E-state index in [0.717, 1.165) is 22.4 Å².